The second kappa shape index (κ2) is 31.2. The molecule has 3 N–H and O–H groups in total. The number of ether oxygens (including phenoxy) is 1. The molecule has 4 atom stereocenters. The van der Waals surface area contributed by atoms with Gasteiger partial charge >= 0.3 is 17.6 Å². The van der Waals surface area contributed by atoms with Gasteiger partial charge in [-0.2, -0.15) is 4.98 Å². The minimum Gasteiger partial charge on any atom is -0.481 e. The number of carbonyl (C=O) groups is 3. The summed E-state index contributed by atoms with van der Waals surface area (Å²) in [5.74, 6) is -2.51. The van der Waals surface area contributed by atoms with E-state index in [2.05, 4.69) is 24.1 Å². The molecule has 1 amide bonds. The smallest absolute Gasteiger partial charge is 0.351 e. The summed E-state index contributed by atoms with van der Waals surface area (Å²) in [7, 11) is 0. The molecule has 1 aliphatic heterocycles. The SMILES string of the molecule is CCCCCCCCCCCC(=O)Nc1nc(=O)n([C@@H]2O[C@H](C)[C@H](CCCCCCCCCCCC(=O)O)[C@H]2CCCCCCCCCCCC(=O)O)cc1F. The zero-order valence-electron chi connectivity index (χ0n) is 35.2. The zero-order valence-corrected chi connectivity index (χ0v) is 35.2. The maximum atomic E-state index is 15.5. The number of halogens is 1. The highest BCUT2D eigenvalue weighted by Gasteiger charge is 2.43. The third-order valence-electron chi connectivity index (χ3n) is 11.7. The molecule has 11 heteroatoms. The van der Waals surface area contributed by atoms with Gasteiger partial charge in [-0.3, -0.25) is 19.0 Å². The van der Waals surface area contributed by atoms with E-state index >= 15 is 4.39 Å². The number of aromatic nitrogens is 2. The van der Waals surface area contributed by atoms with Gasteiger partial charge in [0.1, 0.15) is 6.23 Å². The van der Waals surface area contributed by atoms with Gasteiger partial charge in [0.15, 0.2) is 11.6 Å². The summed E-state index contributed by atoms with van der Waals surface area (Å²) in [4.78, 5) is 51.4. The molecule has 0 radical (unpaired) electrons. The molecular weight excluding hydrogens is 714 g/mol. The molecule has 0 aromatic carbocycles. The second-order valence-corrected chi connectivity index (χ2v) is 16.5. The maximum Gasteiger partial charge on any atom is 0.351 e. The van der Waals surface area contributed by atoms with Crippen molar-refractivity contribution in [2.45, 2.75) is 232 Å². The standard InChI is InChI=1S/C45H78FN3O7/c1-3-4-5-6-7-10-17-22-27-32-40(50)47-43-39(46)35-49(45(55)48-43)44-38(31-26-21-16-12-9-14-19-24-29-34-42(53)54)37(36(2)56-44)30-25-20-15-11-8-13-18-23-28-33-41(51)52/h35-38,44H,3-34H2,1-2H3,(H,51,52)(H,53,54)(H,47,48,50,55)/t36-,37+,38-,44-/m1/s1. The van der Waals surface area contributed by atoms with Crippen molar-refractivity contribution in [3.63, 3.8) is 0 Å². The Labute approximate surface area is 337 Å². The topological polar surface area (TPSA) is 148 Å². The fraction of sp³-hybridized carbons (Fsp3) is 0.844. The first kappa shape index (κ1) is 49.3. The van der Waals surface area contributed by atoms with E-state index < -0.39 is 29.7 Å². The van der Waals surface area contributed by atoms with Crippen LogP contribution in [0.2, 0.25) is 0 Å². The van der Waals surface area contributed by atoms with Gasteiger partial charge in [0, 0.05) is 25.2 Å². The van der Waals surface area contributed by atoms with Gasteiger partial charge in [0.25, 0.3) is 0 Å². The van der Waals surface area contributed by atoms with Crippen LogP contribution >= 0.6 is 0 Å². The lowest BCUT2D eigenvalue weighted by Crippen LogP contribution is -2.32. The first-order valence-corrected chi connectivity index (χ1v) is 22.8. The summed E-state index contributed by atoms with van der Waals surface area (Å²) >= 11 is 0. The highest BCUT2D eigenvalue weighted by Crippen LogP contribution is 2.44. The Hall–Kier alpha value is -2.82. The monoisotopic (exact) mass is 792 g/mol. The van der Waals surface area contributed by atoms with E-state index in [4.69, 9.17) is 14.9 Å². The van der Waals surface area contributed by atoms with Gasteiger partial charge in [-0.15, -0.1) is 0 Å². The number of carbonyl (C=O) groups excluding carboxylic acids is 1. The summed E-state index contributed by atoms with van der Waals surface area (Å²) in [6.45, 7) is 4.28. The number of nitrogens with zero attached hydrogens (tertiary/aromatic N) is 2. The predicted molar refractivity (Wildman–Crippen MR) is 222 cm³/mol. The van der Waals surface area contributed by atoms with Crippen LogP contribution in [0.1, 0.15) is 226 Å². The van der Waals surface area contributed by atoms with Crippen molar-refractivity contribution in [2.24, 2.45) is 11.8 Å². The predicted octanol–water partition coefficient (Wildman–Crippen LogP) is 12.1. The largest absolute Gasteiger partial charge is 0.481 e. The molecule has 10 nitrogen and oxygen atoms in total. The van der Waals surface area contributed by atoms with Crippen LogP contribution < -0.4 is 11.0 Å². The minimum atomic E-state index is -0.728. The Morgan fingerprint density at radius 1 is 0.643 bits per heavy atom. The number of amides is 1. The second-order valence-electron chi connectivity index (χ2n) is 16.5. The number of nitrogens with one attached hydrogen (secondary N) is 1. The maximum absolute atomic E-state index is 15.5. The van der Waals surface area contributed by atoms with Gasteiger partial charge in [-0.1, -0.05) is 161 Å². The number of unbranched alkanes of at least 4 members (excludes halogenated alkanes) is 24. The van der Waals surface area contributed by atoms with Crippen molar-refractivity contribution in [3.05, 3.63) is 22.5 Å². The summed E-state index contributed by atoms with van der Waals surface area (Å²) in [5.41, 5.74) is -0.612. The van der Waals surface area contributed by atoms with Crippen molar-refractivity contribution in [3.8, 4) is 0 Å². The van der Waals surface area contributed by atoms with Crippen LogP contribution in [-0.2, 0) is 19.1 Å². The lowest BCUT2D eigenvalue weighted by Gasteiger charge is -2.25. The van der Waals surface area contributed by atoms with Crippen LogP contribution in [0, 0.1) is 17.7 Å². The molecule has 1 saturated heterocycles. The number of hydrogen-bond donors (Lipinski definition) is 3. The van der Waals surface area contributed by atoms with Crippen LogP contribution in [-0.4, -0.2) is 43.7 Å². The molecule has 322 valence electrons. The van der Waals surface area contributed by atoms with Crippen LogP contribution in [0.3, 0.4) is 0 Å². The number of carboxylic acids is 2. The van der Waals surface area contributed by atoms with E-state index in [1.54, 1.807) is 0 Å². The zero-order chi connectivity index (χ0) is 40.8. The quantitative estimate of drug-likeness (QED) is 0.0569. The summed E-state index contributed by atoms with van der Waals surface area (Å²) < 4.78 is 23.2. The number of hydrogen-bond acceptors (Lipinski definition) is 6. The highest BCUT2D eigenvalue weighted by atomic mass is 19.1. The van der Waals surface area contributed by atoms with Gasteiger partial charge in [-0.25, -0.2) is 9.18 Å². The Kier molecular flexibility index (Phi) is 27.5. The third kappa shape index (κ3) is 22.2. The fourth-order valence-electron chi connectivity index (χ4n) is 8.35. The normalized spacial score (nSPS) is 18.1. The Morgan fingerprint density at radius 2 is 1.04 bits per heavy atom. The van der Waals surface area contributed by atoms with E-state index in [1.165, 1.54) is 62.1 Å². The first-order valence-electron chi connectivity index (χ1n) is 22.8. The average molecular weight is 792 g/mol. The summed E-state index contributed by atoms with van der Waals surface area (Å²) in [6, 6.07) is 0. The van der Waals surface area contributed by atoms with Crippen LogP contribution in [0.5, 0.6) is 0 Å². The van der Waals surface area contributed by atoms with E-state index in [0.717, 1.165) is 135 Å². The van der Waals surface area contributed by atoms with Crippen molar-refractivity contribution in [2.75, 3.05) is 5.32 Å². The van der Waals surface area contributed by atoms with Crippen molar-refractivity contribution in [1.82, 2.24) is 9.55 Å². The minimum absolute atomic E-state index is 0.0519. The molecule has 0 bridgehead atoms. The molecule has 0 spiro atoms. The summed E-state index contributed by atoms with van der Waals surface area (Å²) in [6.07, 6.45) is 32.4. The Morgan fingerprint density at radius 3 is 1.48 bits per heavy atom. The molecular formula is C45H78FN3O7. The molecule has 2 heterocycles. The van der Waals surface area contributed by atoms with E-state index in [1.807, 2.05) is 0 Å². The number of carboxylic acid groups (broad SMARTS) is 2. The lowest BCUT2D eigenvalue weighted by molar-refractivity contribution is -0.138. The van der Waals surface area contributed by atoms with Gasteiger partial charge in [0.2, 0.25) is 5.91 Å². The van der Waals surface area contributed by atoms with E-state index in [-0.39, 0.29) is 48.9 Å². The van der Waals surface area contributed by atoms with E-state index in [0.29, 0.717) is 0 Å². The fourth-order valence-corrected chi connectivity index (χ4v) is 8.35. The molecule has 0 saturated carbocycles. The lowest BCUT2D eigenvalue weighted by atomic mass is 9.82. The van der Waals surface area contributed by atoms with Crippen LogP contribution in [0.25, 0.3) is 0 Å². The molecule has 1 aromatic heterocycles. The molecule has 56 heavy (non-hydrogen) atoms. The Balaban J connectivity index is 1.90. The molecule has 0 aliphatic carbocycles. The molecule has 0 unspecified atom stereocenters. The van der Waals surface area contributed by atoms with Gasteiger partial charge in [0.05, 0.1) is 12.3 Å². The Bertz CT molecular complexity index is 1270. The highest BCUT2D eigenvalue weighted by molar-refractivity contribution is 5.89. The molecule has 1 fully saturated rings. The molecule has 1 aliphatic rings. The number of rotatable bonds is 36. The number of anilines is 1. The van der Waals surface area contributed by atoms with Crippen molar-refractivity contribution < 1.29 is 33.7 Å². The average Bonchev–Trinajstić information content (AvgIpc) is 3.46. The molecule has 1 aromatic rings. The van der Waals surface area contributed by atoms with Gasteiger partial charge < -0.3 is 20.3 Å². The first-order chi connectivity index (χ1) is 27.1. The van der Waals surface area contributed by atoms with Crippen LogP contribution in [0.15, 0.2) is 11.0 Å². The third-order valence-corrected chi connectivity index (χ3v) is 11.7. The number of aliphatic carboxylic acids is 2. The van der Waals surface area contributed by atoms with Crippen molar-refractivity contribution in [1.29, 1.82) is 0 Å². The molecule has 2 rings (SSSR count). The van der Waals surface area contributed by atoms with Gasteiger partial charge in [-0.05, 0) is 44.9 Å². The van der Waals surface area contributed by atoms with E-state index in [9.17, 15) is 19.2 Å². The summed E-state index contributed by atoms with van der Waals surface area (Å²) in [5, 5.41) is 20.1. The van der Waals surface area contributed by atoms with Crippen molar-refractivity contribution >= 4 is 23.7 Å². The van der Waals surface area contributed by atoms with Crippen LogP contribution in [0.4, 0.5) is 10.2 Å².